The van der Waals surface area contributed by atoms with E-state index in [2.05, 4.69) is 15.6 Å². The number of aliphatic hydroxyl groups is 1. The molecule has 0 aromatic carbocycles. The minimum atomic E-state index is 0.0874. The summed E-state index contributed by atoms with van der Waals surface area (Å²) >= 11 is 0. The summed E-state index contributed by atoms with van der Waals surface area (Å²) in [7, 11) is 1.69. The Morgan fingerprint density at radius 1 is 1.60 bits per heavy atom. The number of aromatic nitrogens is 3. The van der Waals surface area contributed by atoms with Crippen LogP contribution >= 0.6 is 0 Å². The third-order valence-corrected chi connectivity index (χ3v) is 1.92. The summed E-state index contributed by atoms with van der Waals surface area (Å²) in [5.74, 6) is 0. The molecule has 0 amide bonds. The molecule has 0 aliphatic carbocycles. The van der Waals surface area contributed by atoms with E-state index in [4.69, 9.17) is 9.84 Å². The summed E-state index contributed by atoms with van der Waals surface area (Å²) in [6, 6.07) is 0. The minimum Gasteiger partial charge on any atom is -0.394 e. The molecular weight excluding hydrogens is 196 g/mol. The predicted octanol–water partition coefficient (Wildman–Crippen LogP) is -0.603. The van der Waals surface area contributed by atoms with Gasteiger partial charge in [0.25, 0.3) is 0 Å². The van der Waals surface area contributed by atoms with Crippen molar-refractivity contribution in [1.82, 2.24) is 20.3 Å². The van der Waals surface area contributed by atoms with E-state index < -0.39 is 0 Å². The van der Waals surface area contributed by atoms with E-state index >= 15 is 0 Å². The van der Waals surface area contributed by atoms with Gasteiger partial charge in [0.05, 0.1) is 18.8 Å². The smallest absolute Gasteiger partial charge is 0.0964 e. The second-order valence-electron chi connectivity index (χ2n) is 3.22. The maximum atomic E-state index is 8.68. The van der Waals surface area contributed by atoms with Crippen LogP contribution < -0.4 is 5.32 Å². The van der Waals surface area contributed by atoms with Crippen LogP contribution in [0.2, 0.25) is 0 Å². The van der Waals surface area contributed by atoms with Gasteiger partial charge in [0, 0.05) is 26.5 Å². The Labute approximate surface area is 89.2 Å². The third kappa shape index (κ3) is 4.87. The van der Waals surface area contributed by atoms with Crippen LogP contribution in [0.1, 0.15) is 12.1 Å². The highest BCUT2D eigenvalue weighted by atomic mass is 16.5. The number of methoxy groups -OCH3 is 1. The Bertz CT molecular complexity index is 264. The van der Waals surface area contributed by atoms with E-state index in [0.717, 1.165) is 25.3 Å². The molecule has 0 atom stereocenters. The molecule has 6 heteroatoms. The number of rotatable bonds is 8. The molecule has 6 nitrogen and oxygen atoms in total. The van der Waals surface area contributed by atoms with Crippen molar-refractivity contribution in [2.45, 2.75) is 19.5 Å². The molecule has 0 bridgehead atoms. The fourth-order valence-electron chi connectivity index (χ4n) is 1.19. The lowest BCUT2D eigenvalue weighted by atomic mass is 10.4. The third-order valence-electron chi connectivity index (χ3n) is 1.92. The molecule has 0 unspecified atom stereocenters. The highest BCUT2D eigenvalue weighted by Gasteiger charge is 1.99. The second kappa shape index (κ2) is 7.33. The summed E-state index contributed by atoms with van der Waals surface area (Å²) in [4.78, 5) is 0. The first-order valence-electron chi connectivity index (χ1n) is 5.06. The lowest BCUT2D eigenvalue weighted by Crippen LogP contribution is -2.16. The van der Waals surface area contributed by atoms with Gasteiger partial charge in [-0.3, -0.25) is 0 Å². The molecule has 1 aromatic rings. The first kappa shape index (κ1) is 12.1. The van der Waals surface area contributed by atoms with Crippen molar-refractivity contribution in [3.8, 4) is 0 Å². The number of nitrogens with one attached hydrogen (secondary N) is 1. The van der Waals surface area contributed by atoms with E-state index in [0.29, 0.717) is 13.1 Å². The largest absolute Gasteiger partial charge is 0.394 e. The average Bonchev–Trinajstić information content (AvgIpc) is 2.66. The van der Waals surface area contributed by atoms with Gasteiger partial charge >= 0.3 is 0 Å². The van der Waals surface area contributed by atoms with Gasteiger partial charge in [-0.2, -0.15) is 0 Å². The Hall–Kier alpha value is -0.980. The lowest BCUT2D eigenvalue weighted by Gasteiger charge is -2.00. The van der Waals surface area contributed by atoms with E-state index in [-0.39, 0.29) is 6.61 Å². The fourth-order valence-corrected chi connectivity index (χ4v) is 1.19. The number of ether oxygens (including phenoxy) is 1. The Kier molecular flexibility index (Phi) is 5.91. The SMILES string of the molecule is COCCCNCc1cn(CCO)nn1. The fraction of sp³-hybridized carbons (Fsp3) is 0.778. The standard InChI is InChI=1S/C9H18N4O2/c1-15-6-2-3-10-7-9-8-13(4-5-14)12-11-9/h8,10,14H,2-7H2,1H3. The molecule has 86 valence electrons. The molecule has 0 aliphatic heterocycles. The van der Waals surface area contributed by atoms with Crippen molar-refractivity contribution in [2.75, 3.05) is 26.9 Å². The van der Waals surface area contributed by atoms with Crippen molar-refractivity contribution in [3.05, 3.63) is 11.9 Å². The molecule has 0 radical (unpaired) electrons. The molecule has 0 saturated heterocycles. The molecule has 2 N–H and O–H groups in total. The first-order chi connectivity index (χ1) is 7.36. The van der Waals surface area contributed by atoms with Crippen LogP contribution in [0.25, 0.3) is 0 Å². The highest BCUT2D eigenvalue weighted by molar-refractivity contribution is 4.91. The molecule has 1 aromatic heterocycles. The van der Waals surface area contributed by atoms with Crippen molar-refractivity contribution in [1.29, 1.82) is 0 Å². The number of hydrogen-bond acceptors (Lipinski definition) is 5. The van der Waals surface area contributed by atoms with Gasteiger partial charge in [0.15, 0.2) is 0 Å². The summed E-state index contributed by atoms with van der Waals surface area (Å²) in [5.41, 5.74) is 0.890. The monoisotopic (exact) mass is 214 g/mol. The van der Waals surface area contributed by atoms with Gasteiger partial charge in [-0.15, -0.1) is 5.10 Å². The normalized spacial score (nSPS) is 10.8. The van der Waals surface area contributed by atoms with Gasteiger partial charge in [0.2, 0.25) is 0 Å². The van der Waals surface area contributed by atoms with Crippen LogP contribution in [0.3, 0.4) is 0 Å². The zero-order valence-electron chi connectivity index (χ0n) is 9.02. The maximum Gasteiger partial charge on any atom is 0.0964 e. The molecule has 1 heterocycles. The minimum absolute atomic E-state index is 0.0874. The van der Waals surface area contributed by atoms with E-state index in [1.807, 2.05) is 6.20 Å². The quantitative estimate of drug-likeness (QED) is 0.565. The van der Waals surface area contributed by atoms with Crippen molar-refractivity contribution in [3.63, 3.8) is 0 Å². The van der Waals surface area contributed by atoms with Crippen LogP contribution in [0.5, 0.6) is 0 Å². The molecule has 0 saturated carbocycles. The van der Waals surface area contributed by atoms with Crippen LogP contribution in [0.15, 0.2) is 6.20 Å². The second-order valence-corrected chi connectivity index (χ2v) is 3.22. The molecule has 0 spiro atoms. The molecule has 1 rings (SSSR count). The summed E-state index contributed by atoms with van der Waals surface area (Å²) < 4.78 is 6.56. The van der Waals surface area contributed by atoms with Crippen molar-refractivity contribution in [2.24, 2.45) is 0 Å². The number of aliphatic hydroxyl groups excluding tert-OH is 1. The van der Waals surface area contributed by atoms with Crippen LogP contribution in [-0.2, 0) is 17.8 Å². The van der Waals surface area contributed by atoms with E-state index in [1.165, 1.54) is 0 Å². The van der Waals surface area contributed by atoms with Gasteiger partial charge in [-0.25, -0.2) is 4.68 Å². The molecule has 0 aliphatic rings. The topological polar surface area (TPSA) is 72.2 Å². The predicted molar refractivity (Wildman–Crippen MR) is 55.3 cm³/mol. The summed E-state index contributed by atoms with van der Waals surface area (Å²) in [6.07, 6.45) is 2.82. The van der Waals surface area contributed by atoms with Gasteiger partial charge in [-0.05, 0) is 13.0 Å². The van der Waals surface area contributed by atoms with Crippen LogP contribution in [0.4, 0.5) is 0 Å². The molecular formula is C9H18N4O2. The molecule has 0 fully saturated rings. The van der Waals surface area contributed by atoms with Crippen molar-refractivity contribution >= 4 is 0 Å². The van der Waals surface area contributed by atoms with E-state index in [9.17, 15) is 0 Å². The highest BCUT2D eigenvalue weighted by Crippen LogP contribution is 1.92. The zero-order valence-corrected chi connectivity index (χ0v) is 9.02. The Balaban J connectivity index is 2.14. The lowest BCUT2D eigenvalue weighted by molar-refractivity contribution is 0.194. The Morgan fingerprint density at radius 2 is 2.47 bits per heavy atom. The van der Waals surface area contributed by atoms with Crippen LogP contribution in [-0.4, -0.2) is 47.0 Å². The molecule has 15 heavy (non-hydrogen) atoms. The zero-order chi connectivity index (χ0) is 10.9. The van der Waals surface area contributed by atoms with Crippen LogP contribution in [0, 0.1) is 0 Å². The Morgan fingerprint density at radius 3 is 3.20 bits per heavy atom. The van der Waals surface area contributed by atoms with Gasteiger partial charge in [0.1, 0.15) is 0 Å². The number of hydrogen-bond donors (Lipinski definition) is 2. The average molecular weight is 214 g/mol. The van der Waals surface area contributed by atoms with Crippen molar-refractivity contribution < 1.29 is 9.84 Å². The van der Waals surface area contributed by atoms with Gasteiger partial charge < -0.3 is 15.2 Å². The maximum absolute atomic E-state index is 8.68. The van der Waals surface area contributed by atoms with Gasteiger partial charge in [-0.1, -0.05) is 5.21 Å². The van der Waals surface area contributed by atoms with E-state index in [1.54, 1.807) is 11.8 Å². The summed E-state index contributed by atoms with van der Waals surface area (Å²) in [5, 5.41) is 19.7. The summed E-state index contributed by atoms with van der Waals surface area (Å²) in [6.45, 7) is 2.96. The first-order valence-corrected chi connectivity index (χ1v) is 5.06. The number of nitrogens with zero attached hydrogens (tertiary/aromatic N) is 3.